The first kappa shape index (κ1) is 15.7. The molecule has 0 aliphatic carbocycles. The van der Waals surface area contributed by atoms with Gasteiger partial charge < -0.3 is 24.4 Å². The molecule has 1 aliphatic heterocycles. The van der Waals surface area contributed by atoms with E-state index in [0.717, 1.165) is 11.8 Å². The van der Waals surface area contributed by atoms with Crippen molar-refractivity contribution < 1.29 is 19.1 Å². The second-order valence-corrected chi connectivity index (χ2v) is 4.68. The average Bonchev–Trinajstić information content (AvgIpc) is 2.92. The topological polar surface area (TPSA) is 86.1 Å². The maximum atomic E-state index is 10.6. The van der Waals surface area contributed by atoms with Crippen LogP contribution in [0.5, 0.6) is 17.2 Å². The van der Waals surface area contributed by atoms with Crippen LogP contribution in [-0.4, -0.2) is 44.2 Å². The van der Waals surface area contributed by atoms with Crippen molar-refractivity contribution in [1.82, 2.24) is 10.2 Å². The summed E-state index contributed by atoms with van der Waals surface area (Å²) in [4.78, 5) is 12.1. The molecule has 0 atom stereocenters. The molecule has 0 amide bonds. The van der Waals surface area contributed by atoms with Gasteiger partial charge in [-0.3, -0.25) is 10.1 Å². The number of methoxy groups -OCH3 is 3. The van der Waals surface area contributed by atoms with Gasteiger partial charge in [-0.05, 0) is 17.7 Å². The Kier molecular flexibility index (Phi) is 4.92. The molecule has 22 heavy (non-hydrogen) atoms. The van der Waals surface area contributed by atoms with Crippen molar-refractivity contribution in [2.45, 2.75) is 6.54 Å². The summed E-state index contributed by atoms with van der Waals surface area (Å²) >= 11 is 0. The van der Waals surface area contributed by atoms with Crippen LogP contribution < -0.4 is 19.5 Å². The molecule has 8 nitrogen and oxygen atoms in total. The van der Waals surface area contributed by atoms with Crippen molar-refractivity contribution in [2.24, 2.45) is 0 Å². The van der Waals surface area contributed by atoms with Crippen LogP contribution in [0.1, 0.15) is 5.56 Å². The van der Waals surface area contributed by atoms with E-state index >= 15 is 0 Å². The third-order valence-corrected chi connectivity index (χ3v) is 3.35. The Morgan fingerprint density at radius 1 is 1.27 bits per heavy atom. The lowest BCUT2D eigenvalue weighted by Gasteiger charge is -2.19. The molecule has 120 valence electrons. The molecule has 1 aromatic rings. The third-order valence-electron chi connectivity index (χ3n) is 3.35. The van der Waals surface area contributed by atoms with Crippen LogP contribution in [0.4, 0.5) is 0 Å². The summed E-state index contributed by atoms with van der Waals surface area (Å²) in [6.45, 7) is 1.86. The van der Waals surface area contributed by atoms with E-state index in [2.05, 4.69) is 5.32 Å². The van der Waals surface area contributed by atoms with Gasteiger partial charge >= 0.3 is 0 Å². The number of benzene rings is 1. The van der Waals surface area contributed by atoms with Gasteiger partial charge in [0.25, 0.3) is 6.20 Å². The first-order valence-electron chi connectivity index (χ1n) is 6.72. The minimum absolute atomic E-state index is 0.462. The van der Waals surface area contributed by atoms with Crippen molar-refractivity contribution in [1.29, 1.82) is 0 Å². The second-order valence-electron chi connectivity index (χ2n) is 4.68. The summed E-state index contributed by atoms with van der Waals surface area (Å²) in [5, 5.41) is 13.6. The van der Waals surface area contributed by atoms with Gasteiger partial charge in [0.1, 0.15) is 0 Å². The fourth-order valence-electron chi connectivity index (χ4n) is 2.39. The predicted molar refractivity (Wildman–Crippen MR) is 79.6 cm³/mol. The van der Waals surface area contributed by atoms with Gasteiger partial charge in [0.15, 0.2) is 17.3 Å². The Hall–Kier alpha value is -2.64. The number of hydrogen-bond donors (Lipinski definition) is 1. The highest BCUT2D eigenvalue weighted by molar-refractivity contribution is 5.53. The van der Waals surface area contributed by atoms with E-state index in [0.29, 0.717) is 42.7 Å². The minimum atomic E-state index is -0.462. The second kappa shape index (κ2) is 6.88. The van der Waals surface area contributed by atoms with E-state index in [9.17, 15) is 10.1 Å². The summed E-state index contributed by atoms with van der Waals surface area (Å²) in [6.07, 6.45) is 0.977. The predicted octanol–water partition coefficient (Wildman–Crippen LogP) is 1.19. The summed E-state index contributed by atoms with van der Waals surface area (Å²) < 4.78 is 15.9. The Bertz CT molecular complexity index is 563. The van der Waals surface area contributed by atoms with E-state index in [4.69, 9.17) is 14.2 Å². The first-order chi connectivity index (χ1) is 10.6. The van der Waals surface area contributed by atoms with Crippen LogP contribution in [0.2, 0.25) is 0 Å². The molecule has 0 unspecified atom stereocenters. The van der Waals surface area contributed by atoms with Gasteiger partial charge in [-0.2, -0.15) is 0 Å². The van der Waals surface area contributed by atoms with Crippen molar-refractivity contribution >= 4 is 0 Å². The highest BCUT2D eigenvalue weighted by Crippen LogP contribution is 2.38. The molecule has 0 bridgehead atoms. The average molecular weight is 309 g/mol. The van der Waals surface area contributed by atoms with E-state index in [1.165, 1.54) is 0 Å². The van der Waals surface area contributed by atoms with Crippen LogP contribution in [0, 0.1) is 10.1 Å². The standard InChI is InChI=1S/C14H19N3O5/c1-20-11-6-10(7-12(21-2)14(11)22-3)8-16-5-4-15-13(16)9-17(18)19/h6-7,9,15H,4-5,8H2,1-3H3. The molecular weight excluding hydrogens is 290 g/mol. The van der Waals surface area contributed by atoms with Crippen molar-refractivity contribution in [3.63, 3.8) is 0 Å². The number of nitrogens with zero attached hydrogens (tertiary/aromatic N) is 2. The molecule has 1 saturated heterocycles. The van der Waals surface area contributed by atoms with Gasteiger partial charge in [-0.25, -0.2) is 0 Å². The third kappa shape index (κ3) is 3.33. The quantitative estimate of drug-likeness (QED) is 0.624. The molecule has 0 spiro atoms. The lowest BCUT2D eigenvalue weighted by molar-refractivity contribution is -0.404. The van der Waals surface area contributed by atoms with E-state index in [-0.39, 0.29) is 0 Å². The maximum Gasteiger partial charge on any atom is 0.274 e. The van der Waals surface area contributed by atoms with Gasteiger partial charge in [0.2, 0.25) is 5.75 Å². The highest BCUT2D eigenvalue weighted by Gasteiger charge is 2.21. The normalized spacial score (nSPS) is 15.6. The van der Waals surface area contributed by atoms with E-state index < -0.39 is 4.92 Å². The zero-order valence-corrected chi connectivity index (χ0v) is 12.8. The SMILES string of the molecule is COc1cc(CN2CCNC2=C[N+](=O)[O-])cc(OC)c1OC. The monoisotopic (exact) mass is 309 g/mol. The van der Waals surface area contributed by atoms with Crippen LogP contribution in [0.15, 0.2) is 24.2 Å². The minimum Gasteiger partial charge on any atom is -0.493 e. The first-order valence-corrected chi connectivity index (χ1v) is 6.72. The number of nitro groups is 1. The van der Waals surface area contributed by atoms with Crippen molar-refractivity contribution in [2.75, 3.05) is 34.4 Å². The van der Waals surface area contributed by atoms with E-state index in [1.807, 2.05) is 17.0 Å². The van der Waals surface area contributed by atoms with E-state index in [1.54, 1.807) is 21.3 Å². The van der Waals surface area contributed by atoms with Gasteiger partial charge in [0.05, 0.1) is 26.3 Å². The zero-order chi connectivity index (χ0) is 16.1. The molecule has 1 N–H and O–H groups in total. The molecule has 1 aromatic carbocycles. The summed E-state index contributed by atoms with van der Waals surface area (Å²) in [5.41, 5.74) is 0.910. The van der Waals surface area contributed by atoms with Gasteiger partial charge in [-0.1, -0.05) is 0 Å². The number of rotatable bonds is 6. The summed E-state index contributed by atoms with van der Waals surface area (Å²) in [5.74, 6) is 2.14. The number of hydrogen-bond acceptors (Lipinski definition) is 7. The molecule has 0 radical (unpaired) electrons. The Morgan fingerprint density at radius 2 is 1.91 bits per heavy atom. The number of ether oxygens (including phenoxy) is 3. The fourth-order valence-corrected chi connectivity index (χ4v) is 2.39. The Morgan fingerprint density at radius 3 is 2.41 bits per heavy atom. The van der Waals surface area contributed by atoms with Crippen LogP contribution in [-0.2, 0) is 6.54 Å². The highest BCUT2D eigenvalue weighted by atomic mass is 16.6. The maximum absolute atomic E-state index is 10.6. The smallest absolute Gasteiger partial charge is 0.274 e. The Balaban J connectivity index is 2.27. The lowest BCUT2D eigenvalue weighted by atomic mass is 10.1. The van der Waals surface area contributed by atoms with Gasteiger partial charge in [0, 0.05) is 19.6 Å². The zero-order valence-electron chi connectivity index (χ0n) is 12.8. The molecule has 0 aromatic heterocycles. The van der Waals surface area contributed by atoms with Crippen molar-refractivity contribution in [3.05, 3.63) is 39.8 Å². The molecule has 1 aliphatic rings. The largest absolute Gasteiger partial charge is 0.493 e. The van der Waals surface area contributed by atoms with Crippen molar-refractivity contribution in [3.8, 4) is 17.2 Å². The molecule has 8 heteroatoms. The fraction of sp³-hybridized carbons (Fsp3) is 0.429. The molecular formula is C14H19N3O5. The molecule has 1 fully saturated rings. The van der Waals surface area contributed by atoms with Gasteiger partial charge in [-0.15, -0.1) is 0 Å². The Labute approximate surface area is 128 Å². The number of nitrogens with one attached hydrogen (secondary N) is 1. The molecule has 2 rings (SSSR count). The molecule has 1 heterocycles. The summed E-state index contributed by atoms with van der Waals surface area (Å²) in [6, 6.07) is 3.67. The summed E-state index contributed by atoms with van der Waals surface area (Å²) in [7, 11) is 4.65. The lowest BCUT2D eigenvalue weighted by Crippen LogP contribution is -2.20. The van der Waals surface area contributed by atoms with Crippen LogP contribution >= 0.6 is 0 Å². The molecule has 0 saturated carbocycles. The van der Waals surface area contributed by atoms with Crippen LogP contribution in [0.25, 0.3) is 0 Å². The van der Waals surface area contributed by atoms with Crippen LogP contribution in [0.3, 0.4) is 0 Å².